The summed E-state index contributed by atoms with van der Waals surface area (Å²) in [4.78, 5) is 7.02. The van der Waals surface area contributed by atoms with E-state index in [2.05, 4.69) is 24.9 Å². The number of sulfonamides is 1. The minimum atomic E-state index is -3.82. The number of aromatic nitrogens is 4. The monoisotopic (exact) mass is 305 g/mol. The predicted octanol–water partition coefficient (Wildman–Crippen LogP) is 1.37. The summed E-state index contributed by atoms with van der Waals surface area (Å²) in [7, 11) is -3.82. The molecule has 0 fully saturated rings. The van der Waals surface area contributed by atoms with E-state index >= 15 is 0 Å². The Balaban J connectivity index is 2.27. The third-order valence-corrected chi connectivity index (χ3v) is 3.48. The second-order valence-corrected chi connectivity index (χ2v) is 5.44. The zero-order valence-corrected chi connectivity index (χ0v) is 10.9. The van der Waals surface area contributed by atoms with Gasteiger partial charge in [0.05, 0.1) is 12.4 Å². The van der Waals surface area contributed by atoms with Crippen molar-refractivity contribution in [1.82, 2.24) is 20.2 Å². The van der Waals surface area contributed by atoms with E-state index in [1.807, 2.05) is 0 Å². The molecule has 0 spiro atoms. The molecule has 1 N–H and O–H groups in total. The van der Waals surface area contributed by atoms with Gasteiger partial charge in [0, 0.05) is 0 Å². The number of nitrogens with one attached hydrogen (secondary N) is 1. The molecule has 0 aliphatic carbocycles. The molecule has 7 nitrogen and oxygen atoms in total. The summed E-state index contributed by atoms with van der Waals surface area (Å²) in [5, 5.41) is 7.19. The number of halogens is 2. The van der Waals surface area contributed by atoms with Crippen molar-refractivity contribution in [2.45, 2.75) is 4.90 Å². The molecule has 10 heteroatoms. The molecule has 0 amide bonds. The van der Waals surface area contributed by atoms with Crippen LogP contribution in [0.3, 0.4) is 0 Å². The van der Waals surface area contributed by atoms with Gasteiger partial charge in [0.25, 0.3) is 10.0 Å². The molecule has 0 aliphatic rings. The van der Waals surface area contributed by atoms with Crippen LogP contribution in [0.4, 0.5) is 5.82 Å². The highest BCUT2D eigenvalue weighted by atomic mass is 35.5. The average Bonchev–Trinajstić information content (AvgIpc) is 2.32. The standard InChI is InChI=1S/C8H5Cl2N5O2S/c9-6-1-2-7(14-13-6)15-18(16,17)5-3-11-8(10)12-4-5/h1-4H,(H,14,15). The summed E-state index contributed by atoms with van der Waals surface area (Å²) < 4.78 is 25.9. The van der Waals surface area contributed by atoms with Crippen LogP contribution in [0.1, 0.15) is 0 Å². The van der Waals surface area contributed by atoms with Gasteiger partial charge >= 0.3 is 0 Å². The summed E-state index contributed by atoms with van der Waals surface area (Å²) in [5.74, 6) is 0.0364. The van der Waals surface area contributed by atoms with E-state index in [9.17, 15) is 8.42 Å². The Morgan fingerprint density at radius 2 is 1.72 bits per heavy atom. The molecule has 2 aromatic heterocycles. The first-order valence-electron chi connectivity index (χ1n) is 4.47. The van der Waals surface area contributed by atoms with Crippen molar-refractivity contribution in [3.8, 4) is 0 Å². The van der Waals surface area contributed by atoms with Crippen LogP contribution in [0.25, 0.3) is 0 Å². The Labute approximate surface area is 112 Å². The van der Waals surface area contributed by atoms with Crippen molar-refractivity contribution in [3.63, 3.8) is 0 Å². The largest absolute Gasteiger partial charge is 0.266 e. The minimum Gasteiger partial charge on any atom is -0.262 e. The van der Waals surface area contributed by atoms with Crippen LogP contribution >= 0.6 is 23.2 Å². The van der Waals surface area contributed by atoms with Gasteiger partial charge in [0.15, 0.2) is 11.0 Å². The lowest BCUT2D eigenvalue weighted by atomic mass is 10.5. The molecule has 0 aliphatic heterocycles. The Morgan fingerprint density at radius 3 is 2.28 bits per heavy atom. The lowest BCUT2D eigenvalue weighted by molar-refractivity contribution is 0.600. The summed E-state index contributed by atoms with van der Waals surface area (Å²) in [6, 6.07) is 2.79. The normalized spacial score (nSPS) is 11.2. The SMILES string of the molecule is O=S(=O)(Nc1ccc(Cl)nn1)c1cnc(Cl)nc1. The van der Waals surface area contributed by atoms with Crippen molar-refractivity contribution < 1.29 is 8.42 Å². The molecule has 0 saturated carbocycles. The van der Waals surface area contributed by atoms with Crippen molar-refractivity contribution >= 4 is 39.0 Å². The maximum Gasteiger partial charge on any atom is 0.266 e. The van der Waals surface area contributed by atoms with Crippen molar-refractivity contribution in [1.29, 1.82) is 0 Å². The lowest BCUT2D eigenvalue weighted by Gasteiger charge is -2.05. The summed E-state index contributed by atoms with van der Waals surface area (Å²) in [5.41, 5.74) is 0. The number of hydrogen-bond donors (Lipinski definition) is 1. The highest BCUT2D eigenvalue weighted by Crippen LogP contribution is 2.13. The first kappa shape index (κ1) is 12.9. The Kier molecular flexibility index (Phi) is 3.60. The van der Waals surface area contributed by atoms with Crippen LogP contribution in [-0.4, -0.2) is 28.6 Å². The summed E-state index contributed by atoms with van der Waals surface area (Å²) in [6.45, 7) is 0. The molecule has 0 aromatic carbocycles. The van der Waals surface area contributed by atoms with E-state index in [1.165, 1.54) is 12.1 Å². The van der Waals surface area contributed by atoms with Crippen LogP contribution in [0.15, 0.2) is 29.4 Å². The van der Waals surface area contributed by atoms with Gasteiger partial charge in [0.1, 0.15) is 4.90 Å². The van der Waals surface area contributed by atoms with Crippen LogP contribution in [0.5, 0.6) is 0 Å². The van der Waals surface area contributed by atoms with Crippen LogP contribution in [0.2, 0.25) is 10.4 Å². The second kappa shape index (κ2) is 5.01. The lowest BCUT2D eigenvalue weighted by Crippen LogP contribution is -2.14. The molecule has 0 atom stereocenters. The van der Waals surface area contributed by atoms with E-state index in [-0.39, 0.29) is 21.2 Å². The fraction of sp³-hybridized carbons (Fsp3) is 0. The predicted molar refractivity (Wildman–Crippen MR) is 64.9 cm³/mol. The van der Waals surface area contributed by atoms with Gasteiger partial charge < -0.3 is 0 Å². The third-order valence-electron chi connectivity index (χ3n) is 1.78. The summed E-state index contributed by atoms with van der Waals surface area (Å²) >= 11 is 11.0. The molecule has 18 heavy (non-hydrogen) atoms. The van der Waals surface area contributed by atoms with Crippen LogP contribution in [0, 0.1) is 0 Å². The molecular weight excluding hydrogens is 301 g/mol. The Bertz CT molecular complexity index is 644. The second-order valence-electron chi connectivity index (χ2n) is 3.03. The molecule has 2 heterocycles. The molecule has 0 unspecified atom stereocenters. The minimum absolute atomic E-state index is 0.0364. The van der Waals surface area contributed by atoms with Crippen LogP contribution in [-0.2, 0) is 10.0 Å². The van der Waals surface area contributed by atoms with Gasteiger partial charge in [-0.15, -0.1) is 10.2 Å². The molecule has 0 saturated heterocycles. The van der Waals surface area contributed by atoms with E-state index in [0.717, 1.165) is 12.4 Å². The van der Waals surface area contributed by atoms with Crippen molar-refractivity contribution in [2.24, 2.45) is 0 Å². The molecule has 2 rings (SSSR count). The average molecular weight is 306 g/mol. The van der Waals surface area contributed by atoms with Gasteiger partial charge in [-0.3, -0.25) is 4.72 Å². The highest BCUT2D eigenvalue weighted by molar-refractivity contribution is 7.92. The number of hydrogen-bond acceptors (Lipinski definition) is 6. The fourth-order valence-electron chi connectivity index (χ4n) is 1.01. The topological polar surface area (TPSA) is 97.7 Å². The number of rotatable bonds is 3. The molecule has 2 aromatic rings. The maximum absolute atomic E-state index is 11.9. The van der Waals surface area contributed by atoms with Gasteiger partial charge in [-0.05, 0) is 23.7 Å². The quantitative estimate of drug-likeness (QED) is 0.860. The fourth-order valence-corrected chi connectivity index (χ4v) is 2.09. The Hall–Kier alpha value is -1.51. The van der Waals surface area contributed by atoms with E-state index in [1.54, 1.807) is 0 Å². The highest BCUT2D eigenvalue weighted by Gasteiger charge is 2.16. The molecule has 94 valence electrons. The molecule has 0 bridgehead atoms. The van der Waals surface area contributed by atoms with Gasteiger partial charge in [-0.2, -0.15) is 0 Å². The maximum atomic E-state index is 11.9. The first-order valence-corrected chi connectivity index (χ1v) is 6.71. The zero-order valence-electron chi connectivity index (χ0n) is 8.58. The van der Waals surface area contributed by atoms with Crippen molar-refractivity contribution in [3.05, 3.63) is 35.0 Å². The van der Waals surface area contributed by atoms with Crippen LogP contribution < -0.4 is 4.72 Å². The number of anilines is 1. The molecule has 0 radical (unpaired) electrons. The van der Waals surface area contributed by atoms with E-state index in [0.29, 0.717) is 0 Å². The zero-order chi connectivity index (χ0) is 13.2. The van der Waals surface area contributed by atoms with Gasteiger partial charge in [0.2, 0.25) is 5.28 Å². The summed E-state index contributed by atoms with van der Waals surface area (Å²) in [6.07, 6.45) is 2.17. The smallest absolute Gasteiger partial charge is 0.262 e. The Morgan fingerprint density at radius 1 is 1.06 bits per heavy atom. The number of nitrogens with zero attached hydrogens (tertiary/aromatic N) is 4. The van der Waals surface area contributed by atoms with E-state index < -0.39 is 10.0 Å². The first-order chi connectivity index (χ1) is 8.47. The van der Waals surface area contributed by atoms with Crippen molar-refractivity contribution in [2.75, 3.05) is 4.72 Å². The molecular formula is C8H5Cl2N5O2S. The van der Waals surface area contributed by atoms with E-state index in [4.69, 9.17) is 23.2 Å². The van der Waals surface area contributed by atoms with Gasteiger partial charge in [-0.25, -0.2) is 18.4 Å². The third kappa shape index (κ3) is 3.03. The van der Waals surface area contributed by atoms with Gasteiger partial charge in [-0.1, -0.05) is 11.6 Å².